The highest BCUT2D eigenvalue weighted by Gasteiger charge is 2.58. The molecule has 9 nitrogen and oxygen atoms in total. The van der Waals surface area contributed by atoms with Crippen LogP contribution in [-0.2, 0) is 9.59 Å². The number of carbonyl (C=O) groups is 2. The number of piperidine rings is 1. The number of nitrogens with one attached hydrogen (secondary N) is 5. The molecule has 5 fully saturated rings. The maximum absolute atomic E-state index is 12.8. The van der Waals surface area contributed by atoms with E-state index in [0.717, 1.165) is 44.6 Å². The third-order valence-electron chi connectivity index (χ3n) is 9.30. The molecule has 5 atom stereocenters. The minimum absolute atomic E-state index is 0.0134. The zero-order valence-corrected chi connectivity index (χ0v) is 20.3. The second-order valence-corrected chi connectivity index (χ2v) is 11.3. The number of hydrogen-bond acceptors (Lipinski definition) is 7. The molecule has 2 saturated carbocycles. The number of fused-ring (bicyclic) bond motifs is 1. The molecular formula is C26H38N6O3. The Labute approximate surface area is 206 Å². The highest BCUT2D eigenvalue weighted by molar-refractivity contribution is 5.81. The average molecular weight is 483 g/mol. The molecule has 0 radical (unpaired) electrons. The van der Waals surface area contributed by atoms with Crippen LogP contribution in [0.2, 0.25) is 0 Å². The summed E-state index contributed by atoms with van der Waals surface area (Å²) in [6.45, 7) is 2.54. The predicted octanol–water partition coefficient (Wildman–Crippen LogP) is 1.83. The minimum Gasteiger partial charge on any atom is -0.481 e. The van der Waals surface area contributed by atoms with Gasteiger partial charge in [0.25, 0.3) is 0 Å². The smallest absolute Gasteiger partial charge is 0.307 e. The number of carboxylic acid groups (broad SMARTS) is 1. The maximum Gasteiger partial charge on any atom is 0.307 e. The van der Waals surface area contributed by atoms with Crippen molar-refractivity contribution in [3.8, 4) is 0 Å². The Bertz CT molecular complexity index is 941. The number of nitrogens with zero attached hydrogens (tertiary/aromatic N) is 1. The molecule has 0 bridgehead atoms. The number of benzene rings is 1. The molecule has 3 aliphatic heterocycles. The first kappa shape index (κ1) is 23.1. The van der Waals surface area contributed by atoms with Crippen LogP contribution in [-0.4, -0.2) is 55.0 Å². The fraction of sp³-hybridized carbons (Fsp3) is 0.692. The van der Waals surface area contributed by atoms with Gasteiger partial charge in [0.1, 0.15) is 0 Å². The van der Waals surface area contributed by atoms with Crippen molar-refractivity contribution >= 4 is 23.3 Å². The van der Waals surface area contributed by atoms with Gasteiger partial charge >= 0.3 is 5.97 Å². The van der Waals surface area contributed by atoms with E-state index in [0.29, 0.717) is 5.92 Å². The highest BCUT2D eigenvalue weighted by Crippen LogP contribution is 2.59. The first-order valence-corrected chi connectivity index (χ1v) is 13.4. The monoisotopic (exact) mass is 482 g/mol. The summed E-state index contributed by atoms with van der Waals surface area (Å²) in [5, 5.41) is 20.4. The van der Waals surface area contributed by atoms with E-state index in [4.69, 9.17) is 0 Å². The molecule has 9 heteroatoms. The third-order valence-corrected chi connectivity index (χ3v) is 9.30. The Morgan fingerprint density at radius 1 is 1.06 bits per heavy atom. The van der Waals surface area contributed by atoms with Gasteiger partial charge in [0.05, 0.1) is 24.2 Å². The van der Waals surface area contributed by atoms with Gasteiger partial charge in [0, 0.05) is 37.1 Å². The SMILES string of the molecule is O=C1NNCC2NC(C3CCCCC3)NC(Nc3ccc(N4CCC5(CC4)CC5C(=O)O)cc3)C12. The molecule has 6 rings (SSSR count). The summed E-state index contributed by atoms with van der Waals surface area (Å²) in [7, 11) is 0. The number of carbonyl (C=O) groups excluding carboxylic acids is 1. The number of aliphatic carboxylic acids is 1. The molecule has 3 heterocycles. The van der Waals surface area contributed by atoms with Crippen molar-refractivity contribution < 1.29 is 14.7 Å². The van der Waals surface area contributed by atoms with Gasteiger partial charge < -0.3 is 15.3 Å². The van der Waals surface area contributed by atoms with Gasteiger partial charge in [-0.3, -0.25) is 25.6 Å². The van der Waals surface area contributed by atoms with Crippen LogP contribution in [0.5, 0.6) is 0 Å². The lowest BCUT2D eigenvalue weighted by atomic mass is 9.83. The van der Waals surface area contributed by atoms with Crippen molar-refractivity contribution in [3.05, 3.63) is 24.3 Å². The van der Waals surface area contributed by atoms with Gasteiger partial charge in [-0.25, -0.2) is 5.43 Å². The van der Waals surface area contributed by atoms with E-state index < -0.39 is 5.97 Å². The van der Waals surface area contributed by atoms with Crippen LogP contribution in [0.4, 0.5) is 11.4 Å². The lowest BCUT2D eigenvalue weighted by Gasteiger charge is -2.48. The second-order valence-electron chi connectivity index (χ2n) is 11.3. The molecule has 5 aliphatic rings. The molecule has 1 spiro atoms. The van der Waals surface area contributed by atoms with E-state index in [9.17, 15) is 14.7 Å². The van der Waals surface area contributed by atoms with Gasteiger partial charge in [0.2, 0.25) is 5.91 Å². The summed E-state index contributed by atoms with van der Waals surface area (Å²) < 4.78 is 0. The van der Waals surface area contributed by atoms with Gasteiger partial charge in [-0.2, -0.15) is 0 Å². The molecule has 5 unspecified atom stereocenters. The summed E-state index contributed by atoms with van der Waals surface area (Å²) in [6.07, 6.45) is 9.17. The van der Waals surface area contributed by atoms with Crippen molar-refractivity contribution in [2.45, 2.75) is 69.7 Å². The first-order chi connectivity index (χ1) is 17.0. The Morgan fingerprint density at radius 3 is 2.49 bits per heavy atom. The Morgan fingerprint density at radius 2 is 1.80 bits per heavy atom. The van der Waals surface area contributed by atoms with E-state index >= 15 is 0 Å². The van der Waals surface area contributed by atoms with Crippen LogP contribution in [0.15, 0.2) is 24.3 Å². The molecule has 1 aromatic rings. The number of rotatable bonds is 5. The van der Waals surface area contributed by atoms with E-state index in [1.807, 2.05) is 0 Å². The van der Waals surface area contributed by atoms with Crippen molar-refractivity contribution in [2.75, 3.05) is 29.9 Å². The fourth-order valence-corrected chi connectivity index (χ4v) is 7.04. The molecule has 1 amide bonds. The molecule has 6 N–H and O–H groups in total. The second kappa shape index (κ2) is 9.26. The molecule has 35 heavy (non-hydrogen) atoms. The van der Waals surface area contributed by atoms with Crippen molar-refractivity contribution in [1.82, 2.24) is 21.5 Å². The van der Waals surface area contributed by atoms with Crippen molar-refractivity contribution in [1.29, 1.82) is 0 Å². The van der Waals surface area contributed by atoms with Crippen LogP contribution < -0.4 is 31.7 Å². The van der Waals surface area contributed by atoms with Crippen molar-refractivity contribution in [3.63, 3.8) is 0 Å². The molecule has 0 aromatic heterocycles. The van der Waals surface area contributed by atoms with Gasteiger partial charge in [0.15, 0.2) is 0 Å². The third kappa shape index (κ3) is 4.49. The number of carboxylic acids is 1. The quantitative estimate of drug-likeness (QED) is 0.376. The molecule has 2 aliphatic carbocycles. The Balaban J connectivity index is 1.11. The van der Waals surface area contributed by atoms with Crippen LogP contribution in [0, 0.1) is 23.2 Å². The zero-order valence-electron chi connectivity index (χ0n) is 20.3. The fourth-order valence-electron chi connectivity index (χ4n) is 7.04. The lowest BCUT2D eigenvalue weighted by Crippen LogP contribution is -2.75. The molecular weight excluding hydrogens is 444 g/mol. The average Bonchev–Trinajstić information content (AvgIpc) is 3.59. The molecule has 1 aromatic carbocycles. The lowest BCUT2D eigenvalue weighted by molar-refractivity contribution is -0.139. The van der Waals surface area contributed by atoms with Crippen LogP contribution in [0.3, 0.4) is 0 Å². The standard InChI is InChI=1S/C26H38N6O3/c33-24-21-20(15-27-31-24)29-22(16-4-2-1-3-5-16)30-23(21)28-17-6-8-18(9-7-17)32-12-10-26(11-13-32)14-19(26)25(34)35/h6-9,16,19-23,27-30H,1-5,10-15H2,(H,31,33)(H,34,35). The van der Waals surface area contributed by atoms with E-state index in [-0.39, 0.29) is 41.5 Å². The van der Waals surface area contributed by atoms with E-state index in [1.54, 1.807) is 0 Å². The van der Waals surface area contributed by atoms with Crippen LogP contribution in [0.25, 0.3) is 0 Å². The summed E-state index contributed by atoms with van der Waals surface area (Å²) in [4.78, 5) is 26.5. The predicted molar refractivity (Wildman–Crippen MR) is 134 cm³/mol. The van der Waals surface area contributed by atoms with Crippen molar-refractivity contribution in [2.24, 2.45) is 23.2 Å². The van der Waals surface area contributed by atoms with E-state index in [2.05, 4.69) is 56.0 Å². The summed E-state index contributed by atoms with van der Waals surface area (Å²) in [6, 6.07) is 8.57. The number of amides is 1. The summed E-state index contributed by atoms with van der Waals surface area (Å²) in [5.74, 6) is -0.358. The summed E-state index contributed by atoms with van der Waals surface area (Å²) in [5.41, 5.74) is 8.09. The van der Waals surface area contributed by atoms with Gasteiger partial charge in [-0.15, -0.1) is 0 Å². The molecule has 3 saturated heterocycles. The van der Waals surface area contributed by atoms with Crippen LogP contribution in [0.1, 0.15) is 51.4 Å². The van der Waals surface area contributed by atoms with Gasteiger partial charge in [-0.1, -0.05) is 19.3 Å². The van der Waals surface area contributed by atoms with E-state index in [1.165, 1.54) is 37.8 Å². The van der Waals surface area contributed by atoms with Gasteiger partial charge in [-0.05, 0) is 67.7 Å². The minimum atomic E-state index is -0.629. The van der Waals surface area contributed by atoms with Crippen LogP contribution >= 0.6 is 0 Å². The largest absolute Gasteiger partial charge is 0.481 e. The summed E-state index contributed by atoms with van der Waals surface area (Å²) >= 11 is 0. The Kier molecular flexibility index (Phi) is 6.10. The Hall–Kier alpha value is -2.36. The molecule has 190 valence electrons. The number of hydrazine groups is 1. The topological polar surface area (TPSA) is 118 Å². The number of hydrogen-bond donors (Lipinski definition) is 6. The normalized spacial score (nSPS) is 34.7. The highest BCUT2D eigenvalue weighted by atomic mass is 16.4. The first-order valence-electron chi connectivity index (χ1n) is 13.4. The maximum atomic E-state index is 12.8. The zero-order chi connectivity index (χ0) is 24.0. The number of anilines is 2.